The van der Waals surface area contributed by atoms with E-state index < -0.39 is 18.5 Å². The molecule has 2 aromatic carbocycles. The molecule has 8 nitrogen and oxygen atoms in total. The lowest BCUT2D eigenvalue weighted by atomic mass is 10.1. The van der Waals surface area contributed by atoms with Gasteiger partial charge in [0.2, 0.25) is 0 Å². The van der Waals surface area contributed by atoms with Crippen LogP contribution in [0.25, 0.3) is 6.08 Å². The number of esters is 1. The maximum atomic E-state index is 12.2. The lowest BCUT2D eigenvalue weighted by Gasteiger charge is -2.11. The predicted octanol–water partition coefficient (Wildman–Crippen LogP) is 2.59. The quantitative estimate of drug-likeness (QED) is 0.386. The van der Waals surface area contributed by atoms with Gasteiger partial charge in [0.15, 0.2) is 6.61 Å². The minimum atomic E-state index is -0.898. The minimum Gasteiger partial charge on any atom is -0.451 e. The summed E-state index contributed by atoms with van der Waals surface area (Å²) in [5.74, 6) is -1.74. The molecule has 0 unspecified atom stereocenters. The van der Waals surface area contributed by atoms with Gasteiger partial charge in [-0.15, -0.1) is 0 Å². The number of amides is 2. The molecule has 0 aliphatic rings. The highest BCUT2D eigenvalue weighted by molar-refractivity contribution is 6.01. The fourth-order valence-electron chi connectivity index (χ4n) is 2.58. The van der Waals surface area contributed by atoms with Crippen LogP contribution < -0.4 is 15.5 Å². The normalized spacial score (nSPS) is 10.6. The summed E-state index contributed by atoms with van der Waals surface area (Å²) < 4.78 is 4.95. The summed E-state index contributed by atoms with van der Waals surface area (Å²) in [7, 11) is 3.81. The molecule has 0 saturated heterocycles. The van der Waals surface area contributed by atoms with Gasteiger partial charge in [-0.05, 0) is 48.9 Å². The maximum absolute atomic E-state index is 12.2. The van der Waals surface area contributed by atoms with E-state index in [1.54, 1.807) is 43.3 Å². The van der Waals surface area contributed by atoms with Gasteiger partial charge in [0.05, 0.1) is 0 Å². The number of carbonyl (C=O) groups is 3. The van der Waals surface area contributed by atoms with Crippen LogP contribution in [0, 0.1) is 11.3 Å². The van der Waals surface area contributed by atoms with E-state index in [-0.39, 0.29) is 11.5 Å². The van der Waals surface area contributed by atoms with Gasteiger partial charge in [-0.25, -0.2) is 4.79 Å². The molecule has 0 saturated carbocycles. The van der Waals surface area contributed by atoms with Crippen molar-refractivity contribution in [1.82, 2.24) is 5.32 Å². The van der Waals surface area contributed by atoms with E-state index in [1.165, 1.54) is 12.1 Å². The van der Waals surface area contributed by atoms with Crippen LogP contribution in [0.15, 0.2) is 54.1 Å². The molecule has 2 amide bonds. The van der Waals surface area contributed by atoms with Crippen molar-refractivity contribution in [3.05, 3.63) is 65.2 Å². The highest BCUT2D eigenvalue weighted by Crippen LogP contribution is 2.15. The average molecular weight is 420 g/mol. The van der Waals surface area contributed by atoms with Crippen LogP contribution in [0.5, 0.6) is 0 Å². The van der Waals surface area contributed by atoms with Gasteiger partial charge in [0.25, 0.3) is 11.8 Å². The first kappa shape index (κ1) is 23.2. The molecule has 8 heteroatoms. The van der Waals surface area contributed by atoms with Gasteiger partial charge in [0.1, 0.15) is 11.6 Å². The lowest BCUT2D eigenvalue weighted by molar-refractivity contribution is -0.142. The molecule has 0 spiro atoms. The summed E-state index contributed by atoms with van der Waals surface area (Å²) in [6, 6.07) is 15.4. The third-order valence-corrected chi connectivity index (χ3v) is 4.14. The average Bonchev–Trinajstić information content (AvgIpc) is 2.76. The number of rotatable bonds is 8. The standard InChI is InChI=1S/C23H24N4O4/c1-4-25-22(29)17-6-5-7-19(13-17)26-21(28)15-31-23(30)18(14-24)12-16-8-10-20(11-9-16)27(2)3/h5-13H,4,15H2,1-3H3,(H,25,29)(H,26,28)/b18-12+. The number of ether oxygens (including phenoxy) is 1. The molecule has 0 aromatic heterocycles. The molecule has 0 aliphatic heterocycles. The second kappa shape index (κ2) is 11.2. The Balaban J connectivity index is 1.96. The van der Waals surface area contributed by atoms with Gasteiger partial charge in [-0.1, -0.05) is 18.2 Å². The lowest BCUT2D eigenvalue weighted by Crippen LogP contribution is -2.23. The van der Waals surface area contributed by atoms with E-state index >= 15 is 0 Å². The van der Waals surface area contributed by atoms with E-state index in [4.69, 9.17) is 4.74 Å². The zero-order valence-electron chi connectivity index (χ0n) is 17.6. The van der Waals surface area contributed by atoms with Gasteiger partial charge < -0.3 is 20.3 Å². The fraction of sp³-hybridized carbons (Fsp3) is 0.217. The van der Waals surface area contributed by atoms with E-state index in [9.17, 15) is 19.6 Å². The van der Waals surface area contributed by atoms with Crippen LogP contribution in [0.3, 0.4) is 0 Å². The van der Waals surface area contributed by atoms with E-state index in [1.807, 2.05) is 31.1 Å². The van der Waals surface area contributed by atoms with Crippen molar-refractivity contribution in [1.29, 1.82) is 5.26 Å². The molecular formula is C23H24N4O4. The smallest absolute Gasteiger partial charge is 0.349 e. The molecule has 0 bridgehead atoms. The van der Waals surface area contributed by atoms with Crippen LogP contribution in [-0.4, -0.2) is 45.0 Å². The molecule has 0 fully saturated rings. The molecule has 0 atom stereocenters. The van der Waals surface area contributed by atoms with Crippen LogP contribution in [0.2, 0.25) is 0 Å². The highest BCUT2D eigenvalue weighted by Gasteiger charge is 2.14. The Morgan fingerprint density at radius 3 is 2.45 bits per heavy atom. The third-order valence-electron chi connectivity index (χ3n) is 4.14. The summed E-state index contributed by atoms with van der Waals surface area (Å²) in [5, 5.41) is 14.5. The number of hydrogen-bond donors (Lipinski definition) is 2. The summed E-state index contributed by atoms with van der Waals surface area (Å²) >= 11 is 0. The van der Waals surface area contributed by atoms with Gasteiger partial charge in [-0.3, -0.25) is 9.59 Å². The van der Waals surface area contributed by atoms with Crippen LogP contribution in [-0.2, 0) is 14.3 Å². The second-order valence-electron chi connectivity index (χ2n) is 6.72. The maximum Gasteiger partial charge on any atom is 0.349 e. The largest absolute Gasteiger partial charge is 0.451 e. The highest BCUT2D eigenvalue weighted by atomic mass is 16.5. The molecule has 2 rings (SSSR count). The van der Waals surface area contributed by atoms with Crippen molar-refractivity contribution in [2.24, 2.45) is 0 Å². The van der Waals surface area contributed by atoms with Crippen molar-refractivity contribution in [3.63, 3.8) is 0 Å². The van der Waals surface area contributed by atoms with Crippen molar-refractivity contribution in [2.45, 2.75) is 6.92 Å². The Morgan fingerprint density at radius 2 is 1.84 bits per heavy atom. The first-order valence-corrected chi connectivity index (χ1v) is 9.58. The topological polar surface area (TPSA) is 112 Å². The van der Waals surface area contributed by atoms with Crippen molar-refractivity contribution in [3.8, 4) is 6.07 Å². The Bertz CT molecular complexity index is 1020. The molecule has 31 heavy (non-hydrogen) atoms. The number of nitrogens with one attached hydrogen (secondary N) is 2. The summed E-state index contributed by atoms with van der Waals surface area (Å²) in [6.07, 6.45) is 1.40. The monoisotopic (exact) mass is 420 g/mol. The van der Waals surface area contributed by atoms with E-state index in [0.717, 1.165) is 5.69 Å². The number of nitriles is 1. The molecule has 2 N–H and O–H groups in total. The Labute approximate surface area is 181 Å². The van der Waals surface area contributed by atoms with Gasteiger partial charge >= 0.3 is 5.97 Å². The number of hydrogen-bond acceptors (Lipinski definition) is 6. The zero-order chi connectivity index (χ0) is 22.8. The number of benzene rings is 2. The predicted molar refractivity (Wildman–Crippen MR) is 118 cm³/mol. The summed E-state index contributed by atoms with van der Waals surface area (Å²) in [5.41, 5.74) is 2.20. The van der Waals surface area contributed by atoms with E-state index in [0.29, 0.717) is 23.4 Å². The molecule has 160 valence electrons. The van der Waals surface area contributed by atoms with Crippen LogP contribution in [0.4, 0.5) is 11.4 Å². The zero-order valence-corrected chi connectivity index (χ0v) is 17.6. The molecular weight excluding hydrogens is 396 g/mol. The first-order chi connectivity index (χ1) is 14.8. The van der Waals surface area contributed by atoms with E-state index in [2.05, 4.69) is 10.6 Å². The Hall–Kier alpha value is -4.12. The van der Waals surface area contributed by atoms with Crippen molar-refractivity contribution < 1.29 is 19.1 Å². The minimum absolute atomic E-state index is 0.219. The van der Waals surface area contributed by atoms with Crippen molar-refractivity contribution in [2.75, 3.05) is 37.5 Å². The van der Waals surface area contributed by atoms with Crippen molar-refractivity contribution >= 4 is 35.2 Å². The molecule has 2 aromatic rings. The third kappa shape index (κ3) is 7.01. The number of anilines is 2. The molecule has 0 heterocycles. The summed E-state index contributed by atoms with van der Waals surface area (Å²) in [6.45, 7) is 1.73. The Morgan fingerprint density at radius 1 is 1.13 bits per heavy atom. The molecule has 0 aliphatic carbocycles. The summed E-state index contributed by atoms with van der Waals surface area (Å²) in [4.78, 5) is 38.1. The second-order valence-corrected chi connectivity index (χ2v) is 6.72. The van der Waals surface area contributed by atoms with Crippen LogP contribution in [0.1, 0.15) is 22.8 Å². The first-order valence-electron chi connectivity index (χ1n) is 9.58. The number of carbonyl (C=O) groups excluding carboxylic acids is 3. The molecule has 0 radical (unpaired) electrons. The van der Waals surface area contributed by atoms with Gasteiger partial charge in [0, 0.05) is 37.6 Å². The van der Waals surface area contributed by atoms with Crippen LogP contribution >= 0.6 is 0 Å². The SMILES string of the molecule is CCNC(=O)c1cccc(NC(=O)COC(=O)/C(C#N)=C/c2ccc(N(C)C)cc2)c1. The fourth-order valence-corrected chi connectivity index (χ4v) is 2.58. The Kier molecular flexibility index (Phi) is 8.34. The number of nitrogens with zero attached hydrogens (tertiary/aromatic N) is 2. The van der Waals surface area contributed by atoms with Gasteiger partial charge in [-0.2, -0.15) is 5.26 Å².